The van der Waals surface area contributed by atoms with Crippen LogP contribution in [0.3, 0.4) is 0 Å². The fourth-order valence-electron chi connectivity index (χ4n) is 4.44. The molecule has 0 saturated carbocycles. The smallest absolute Gasteiger partial charge is 1.00 e. The average molecular weight is 572 g/mol. The van der Waals surface area contributed by atoms with Gasteiger partial charge in [-0.15, -0.1) is 0 Å². The Bertz CT molecular complexity index is 1320. The number of halogens is 3. The van der Waals surface area contributed by atoms with E-state index in [1.807, 2.05) is 13.8 Å². The second kappa shape index (κ2) is 14.8. The van der Waals surface area contributed by atoms with Gasteiger partial charge in [0.25, 0.3) is 5.91 Å². The Balaban J connectivity index is 0.00000420. The summed E-state index contributed by atoms with van der Waals surface area (Å²) in [6.07, 6.45) is -2.55. The van der Waals surface area contributed by atoms with Crippen molar-refractivity contribution in [1.82, 2.24) is 14.7 Å². The van der Waals surface area contributed by atoms with Gasteiger partial charge in [-0.2, -0.15) is 5.10 Å². The number of carbonyl (C=O) groups excluding carboxylic acids is 1. The number of rotatable bonds is 12. The standard InChI is InChI=1S/C28H32F3N3O5.Na.H/c1-16(2)26-24(11-10-21(35)13-22(36)14-25(37)38)34(20-8-6-18(29)7-9-20)32-27(26)28(39)33(3)15-17-4-5-19(30)12-23(17)31;;/h4-9,12,16,21-22,35-36H,10-11,13-15H2,1-3H3,(H,37,38);;/q;+1;-1/t21-,22-;;/m1../s1. The van der Waals surface area contributed by atoms with Crippen LogP contribution in [0.15, 0.2) is 42.5 Å². The summed E-state index contributed by atoms with van der Waals surface area (Å²) in [7, 11) is 1.47. The number of hydrogen-bond donors (Lipinski definition) is 3. The number of aromatic nitrogens is 2. The van der Waals surface area contributed by atoms with Crippen LogP contribution in [-0.2, 0) is 17.8 Å². The topological polar surface area (TPSA) is 116 Å². The number of aliphatic hydroxyl groups is 2. The summed E-state index contributed by atoms with van der Waals surface area (Å²) in [5.74, 6) is -3.88. The first-order valence-electron chi connectivity index (χ1n) is 12.5. The van der Waals surface area contributed by atoms with Gasteiger partial charge in [-0.1, -0.05) is 19.9 Å². The zero-order valence-corrected chi connectivity index (χ0v) is 24.9. The van der Waals surface area contributed by atoms with E-state index in [0.29, 0.717) is 16.9 Å². The minimum Gasteiger partial charge on any atom is -1.00 e. The molecule has 212 valence electrons. The monoisotopic (exact) mass is 571 g/mol. The molecule has 40 heavy (non-hydrogen) atoms. The van der Waals surface area contributed by atoms with Crippen LogP contribution in [0.1, 0.15) is 67.8 Å². The van der Waals surface area contributed by atoms with Crippen LogP contribution < -0.4 is 29.6 Å². The first-order chi connectivity index (χ1) is 18.4. The van der Waals surface area contributed by atoms with Gasteiger partial charge in [0.15, 0.2) is 5.69 Å². The van der Waals surface area contributed by atoms with Crippen LogP contribution in [0.5, 0.6) is 0 Å². The van der Waals surface area contributed by atoms with Crippen molar-refractivity contribution < 1.29 is 69.1 Å². The van der Waals surface area contributed by atoms with E-state index in [4.69, 9.17) is 5.11 Å². The summed E-state index contributed by atoms with van der Waals surface area (Å²) in [5, 5.41) is 33.8. The molecule has 0 saturated heterocycles. The maximum atomic E-state index is 14.2. The van der Waals surface area contributed by atoms with E-state index in [-0.39, 0.29) is 74.0 Å². The van der Waals surface area contributed by atoms with Crippen LogP contribution in [0.25, 0.3) is 5.69 Å². The molecular formula is C28H33F3N3NaO5. The van der Waals surface area contributed by atoms with Crippen molar-refractivity contribution in [1.29, 1.82) is 0 Å². The Labute approximate surface area is 254 Å². The first-order valence-corrected chi connectivity index (χ1v) is 12.5. The third-order valence-electron chi connectivity index (χ3n) is 6.31. The van der Waals surface area contributed by atoms with E-state index in [1.54, 1.807) is 0 Å². The van der Waals surface area contributed by atoms with Gasteiger partial charge < -0.3 is 21.6 Å². The first kappa shape index (κ1) is 33.5. The van der Waals surface area contributed by atoms with Gasteiger partial charge in [0.1, 0.15) is 17.5 Å². The summed E-state index contributed by atoms with van der Waals surface area (Å²) in [6, 6.07) is 8.60. The van der Waals surface area contributed by atoms with Crippen molar-refractivity contribution in [2.45, 2.75) is 64.2 Å². The molecule has 1 heterocycles. The van der Waals surface area contributed by atoms with Crippen LogP contribution in [0.4, 0.5) is 13.2 Å². The molecule has 3 N–H and O–H groups in total. The fourth-order valence-corrected chi connectivity index (χ4v) is 4.44. The molecule has 12 heteroatoms. The molecule has 0 aliphatic heterocycles. The Kier molecular flexibility index (Phi) is 12.4. The largest absolute Gasteiger partial charge is 1.00 e. The predicted molar refractivity (Wildman–Crippen MR) is 138 cm³/mol. The molecule has 3 rings (SSSR count). The Morgan fingerprint density at radius 1 is 1.02 bits per heavy atom. The van der Waals surface area contributed by atoms with Crippen LogP contribution >= 0.6 is 0 Å². The van der Waals surface area contributed by atoms with Crippen molar-refractivity contribution in [3.8, 4) is 5.69 Å². The second-order valence-electron chi connectivity index (χ2n) is 9.83. The quantitative estimate of drug-likeness (QED) is 0.283. The van der Waals surface area contributed by atoms with E-state index in [1.165, 1.54) is 47.0 Å². The van der Waals surface area contributed by atoms with Crippen LogP contribution in [0.2, 0.25) is 0 Å². The molecule has 0 aliphatic carbocycles. The van der Waals surface area contributed by atoms with Crippen molar-refractivity contribution in [2.24, 2.45) is 0 Å². The third-order valence-corrected chi connectivity index (χ3v) is 6.31. The van der Waals surface area contributed by atoms with Gasteiger partial charge in [-0.3, -0.25) is 9.59 Å². The molecule has 3 aromatic rings. The molecule has 0 aliphatic rings. The summed E-state index contributed by atoms with van der Waals surface area (Å²) < 4.78 is 42.7. The van der Waals surface area contributed by atoms with Crippen LogP contribution in [-0.4, -0.2) is 61.1 Å². The number of aliphatic hydroxyl groups excluding tert-OH is 2. The summed E-state index contributed by atoms with van der Waals surface area (Å²) in [6.45, 7) is 3.58. The molecule has 8 nitrogen and oxygen atoms in total. The number of nitrogens with zero attached hydrogens (tertiary/aromatic N) is 3. The molecule has 2 aromatic carbocycles. The zero-order chi connectivity index (χ0) is 28.9. The Morgan fingerprint density at radius 2 is 1.65 bits per heavy atom. The number of amides is 1. The summed E-state index contributed by atoms with van der Waals surface area (Å²) in [5.41, 5.74) is 1.84. The third kappa shape index (κ3) is 8.65. The van der Waals surface area contributed by atoms with E-state index in [2.05, 4.69) is 5.10 Å². The molecule has 0 bridgehead atoms. The van der Waals surface area contributed by atoms with Crippen molar-refractivity contribution in [3.05, 3.63) is 82.4 Å². The van der Waals surface area contributed by atoms with E-state index in [9.17, 15) is 33.0 Å². The second-order valence-corrected chi connectivity index (χ2v) is 9.83. The molecule has 0 fully saturated rings. The van der Waals surface area contributed by atoms with E-state index < -0.39 is 48.0 Å². The number of benzene rings is 2. The van der Waals surface area contributed by atoms with E-state index >= 15 is 0 Å². The van der Waals surface area contributed by atoms with Gasteiger partial charge in [0.2, 0.25) is 0 Å². The average Bonchev–Trinajstić information content (AvgIpc) is 3.23. The molecule has 1 aromatic heterocycles. The molecule has 0 spiro atoms. The maximum absolute atomic E-state index is 14.2. The maximum Gasteiger partial charge on any atom is 1.00 e. The Morgan fingerprint density at radius 3 is 2.23 bits per heavy atom. The summed E-state index contributed by atoms with van der Waals surface area (Å²) in [4.78, 5) is 25.6. The van der Waals surface area contributed by atoms with Gasteiger partial charge >= 0.3 is 35.5 Å². The van der Waals surface area contributed by atoms with Crippen molar-refractivity contribution in [2.75, 3.05) is 7.05 Å². The van der Waals surface area contributed by atoms with Gasteiger partial charge in [-0.05, 0) is 55.5 Å². The molecule has 0 radical (unpaired) electrons. The Hall–Kier alpha value is -2.70. The number of hydrogen-bond acceptors (Lipinski definition) is 5. The number of carboxylic acids is 1. The molecule has 2 atom stereocenters. The zero-order valence-electron chi connectivity index (χ0n) is 23.9. The fraction of sp³-hybridized carbons (Fsp3) is 0.393. The number of carbonyl (C=O) groups is 2. The SMILES string of the molecule is CC(C)c1c(C(=O)N(C)Cc2ccc(F)cc2F)nn(-c2ccc(F)cc2)c1CC[C@@H](O)C[C@@H](O)CC(=O)O.[H-].[Na+]. The number of carboxylic acid groups (broad SMARTS) is 1. The van der Waals surface area contributed by atoms with Gasteiger partial charge in [0, 0.05) is 36.5 Å². The minimum absolute atomic E-state index is 0. The predicted octanol–water partition coefficient (Wildman–Crippen LogP) is 1.32. The number of aliphatic carboxylic acids is 1. The normalized spacial score (nSPS) is 12.6. The molecule has 1 amide bonds. The van der Waals surface area contributed by atoms with E-state index in [0.717, 1.165) is 12.1 Å². The van der Waals surface area contributed by atoms with Crippen LogP contribution in [0, 0.1) is 17.5 Å². The van der Waals surface area contributed by atoms with Gasteiger partial charge in [0.05, 0.1) is 24.3 Å². The van der Waals surface area contributed by atoms with Gasteiger partial charge in [-0.25, -0.2) is 17.9 Å². The van der Waals surface area contributed by atoms with Crippen molar-refractivity contribution in [3.63, 3.8) is 0 Å². The minimum atomic E-state index is -1.22. The molecule has 0 unspecified atom stereocenters. The summed E-state index contributed by atoms with van der Waals surface area (Å²) >= 11 is 0. The van der Waals surface area contributed by atoms with Crippen molar-refractivity contribution >= 4 is 11.9 Å². The molecular weight excluding hydrogens is 538 g/mol.